The molecule has 0 radical (unpaired) electrons. The molecular weight excluding hydrogens is 298 g/mol. The molecule has 0 saturated heterocycles. The van der Waals surface area contributed by atoms with E-state index < -0.39 is 11.6 Å². The van der Waals surface area contributed by atoms with Gasteiger partial charge in [0.15, 0.2) is 5.69 Å². The molecule has 0 atom stereocenters. The van der Waals surface area contributed by atoms with E-state index in [1.165, 1.54) is 12.1 Å². The highest BCUT2D eigenvalue weighted by molar-refractivity contribution is 7.99. The second kappa shape index (κ2) is 6.49. The van der Waals surface area contributed by atoms with Gasteiger partial charge in [0.2, 0.25) is 0 Å². The molecule has 8 heteroatoms. The first-order valence-corrected chi connectivity index (χ1v) is 6.87. The number of nitrogens with zero attached hydrogens (tertiary/aromatic N) is 2. The molecule has 1 amide bonds. The number of carbonyl (C=O) groups is 1. The van der Waals surface area contributed by atoms with Crippen molar-refractivity contribution in [3.8, 4) is 0 Å². The van der Waals surface area contributed by atoms with Gasteiger partial charge >= 0.3 is 0 Å². The van der Waals surface area contributed by atoms with Gasteiger partial charge in [-0.2, -0.15) is 0 Å². The molecule has 21 heavy (non-hydrogen) atoms. The van der Waals surface area contributed by atoms with Gasteiger partial charge in [-0.1, -0.05) is 11.8 Å². The molecule has 0 fully saturated rings. The van der Waals surface area contributed by atoms with E-state index >= 15 is 0 Å². The maximum absolute atomic E-state index is 13.7. The molecule has 1 aromatic carbocycles. The van der Waals surface area contributed by atoms with Crippen LogP contribution in [0.5, 0.6) is 0 Å². The molecule has 1 heterocycles. The van der Waals surface area contributed by atoms with Crippen LogP contribution >= 0.6 is 11.8 Å². The molecular formula is C13H12F2N4OS. The maximum atomic E-state index is 13.7. The van der Waals surface area contributed by atoms with Crippen molar-refractivity contribution in [2.75, 3.05) is 12.3 Å². The number of amides is 1. The van der Waals surface area contributed by atoms with Gasteiger partial charge in [0.25, 0.3) is 5.91 Å². The van der Waals surface area contributed by atoms with Gasteiger partial charge in [0.1, 0.15) is 16.7 Å². The Kier molecular flexibility index (Phi) is 4.69. The Labute approximate surface area is 123 Å². The zero-order chi connectivity index (χ0) is 15.4. The van der Waals surface area contributed by atoms with Crippen molar-refractivity contribution in [3.05, 3.63) is 41.6 Å². The Morgan fingerprint density at radius 3 is 2.48 bits per heavy atom. The van der Waals surface area contributed by atoms with Crippen molar-refractivity contribution >= 4 is 23.4 Å². The predicted octanol–water partition coefficient (Wildman–Crippen LogP) is 2.24. The van der Waals surface area contributed by atoms with Gasteiger partial charge in [-0.05, 0) is 31.2 Å². The smallest absolute Gasteiger partial charge is 0.271 e. The predicted molar refractivity (Wildman–Crippen MR) is 74.9 cm³/mol. The van der Waals surface area contributed by atoms with Crippen molar-refractivity contribution in [3.63, 3.8) is 0 Å². The first kappa shape index (κ1) is 15.2. The van der Waals surface area contributed by atoms with Crippen LogP contribution in [-0.2, 0) is 0 Å². The SMILES string of the molecule is CCNC(=O)c1ccc(Sc2c(F)cc(N)cc2F)nn1. The van der Waals surface area contributed by atoms with E-state index in [-0.39, 0.29) is 27.2 Å². The highest BCUT2D eigenvalue weighted by atomic mass is 32.2. The molecule has 110 valence electrons. The van der Waals surface area contributed by atoms with Crippen LogP contribution in [0.4, 0.5) is 14.5 Å². The monoisotopic (exact) mass is 310 g/mol. The number of benzene rings is 1. The van der Waals surface area contributed by atoms with E-state index in [1.54, 1.807) is 6.92 Å². The minimum Gasteiger partial charge on any atom is -0.399 e. The summed E-state index contributed by atoms with van der Waals surface area (Å²) in [5, 5.41) is 10.3. The van der Waals surface area contributed by atoms with E-state index in [4.69, 9.17) is 5.73 Å². The molecule has 0 aliphatic heterocycles. The fourth-order valence-electron chi connectivity index (χ4n) is 1.53. The van der Waals surface area contributed by atoms with Gasteiger partial charge in [-0.15, -0.1) is 10.2 Å². The summed E-state index contributed by atoms with van der Waals surface area (Å²) in [6.45, 7) is 2.25. The Morgan fingerprint density at radius 1 is 1.29 bits per heavy atom. The van der Waals surface area contributed by atoms with Crippen LogP contribution in [0.3, 0.4) is 0 Å². The zero-order valence-corrected chi connectivity index (χ0v) is 11.9. The van der Waals surface area contributed by atoms with E-state index in [0.29, 0.717) is 6.54 Å². The average Bonchev–Trinajstić information content (AvgIpc) is 2.43. The molecule has 0 bridgehead atoms. The molecule has 1 aromatic heterocycles. The number of nitrogens with one attached hydrogen (secondary N) is 1. The van der Waals surface area contributed by atoms with Crippen molar-refractivity contribution in [1.82, 2.24) is 15.5 Å². The summed E-state index contributed by atoms with van der Waals surface area (Å²) in [7, 11) is 0. The molecule has 5 nitrogen and oxygen atoms in total. The summed E-state index contributed by atoms with van der Waals surface area (Å²) in [6.07, 6.45) is 0. The van der Waals surface area contributed by atoms with Crippen LogP contribution in [0.25, 0.3) is 0 Å². The number of anilines is 1. The van der Waals surface area contributed by atoms with Crippen molar-refractivity contribution < 1.29 is 13.6 Å². The molecule has 0 saturated carbocycles. The number of halogens is 2. The molecule has 0 aliphatic rings. The average molecular weight is 310 g/mol. The van der Waals surface area contributed by atoms with Crippen LogP contribution in [0.15, 0.2) is 34.2 Å². The third-order valence-corrected chi connectivity index (χ3v) is 3.46. The minimum absolute atomic E-state index is 0.00650. The number of hydrogen-bond donors (Lipinski definition) is 2. The second-order valence-corrected chi connectivity index (χ2v) is 5.06. The van der Waals surface area contributed by atoms with Gasteiger partial charge < -0.3 is 11.1 Å². The first-order valence-electron chi connectivity index (χ1n) is 6.05. The lowest BCUT2D eigenvalue weighted by molar-refractivity contribution is 0.0949. The van der Waals surface area contributed by atoms with Crippen molar-refractivity contribution in [2.24, 2.45) is 0 Å². The highest BCUT2D eigenvalue weighted by Gasteiger charge is 2.14. The van der Waals surface area contributed by atoms with Crippen molar-refractivity contribution in [2.45, 2.75) is 16.8 Å². The fraction of sp³-hybridized carbons (Fsp3) is 0.154. The normalized spacial score (nSPS) is 10.4. The molecule has 0 unspecified atom stereocenters. The Bertz CT molecular complexity index is 641. The standard InChI is InChI=1S/C13H12F2N4OS/c1-2-17-13(20)10-3-4-11(19-18-10)21-12-8(14)5-7(16)6-9(12)15/h3-6H,2,16H2,1H3,(H,17,20). The molecule has 0 aliphatic carbocycles. The minimum atomic E-state index is -0.771. The van der Waals surface area contributed by atoms with Gasteiger partial charge in [0.05, 0.1) is 4.90 Å². The number of hydrogen-bond acceptors (Lipinski definition) is 5. The summed E-state index contributed by atoms with van der Waals surface area (Å²) in [4.78, 5) is 11.3. The third kappa shape index (κ3) is 3.66. The fourth-order valence-corrected chi connectivity index (χ4v) is 2.27. The van der Waals surface area contributed by atoms with Crippen LogP contribution in [-0.4, -0.2) is 22.6 Å². The summed E-state index contributed by atoms with van der Waals surface area (Å²) in [6, 6.07) is 4.97. The molecule has 2 rings (SSSR count). The van der Waals surface area contributed by atoms with E-state index in [1.807, 2.05) is 0 Å². The summed E-state index contributed by atoms with van der Waals surface area (Å²) in [5.74, 6) is -1.90. The molecule has 2 aromatic rings. The quantitative estimate of drug-likeness (QED) is 0.847. The van der Waals surface area contributed by atoms with Gasteiger partial charge in [-0.25, -0.2) is 8.78 Å². The van der Waals surface area contributed by atoms with Crippen LogP contribution in [0.1, 0.15) is 17.4 Å². The Balaban J connectivity index is 2.19. The molecule has 3 N–H and O–H groups in total. The van der Waals surface area contributed by atoms with E-state index in [2.05, 4.69) is 15.5 Å². The van der Waals surface area contributed by atoms with E-state index in [0.717, 1.165) is 23.9 Å². The Hall–Kier alpha value is -2.22. The zero-order valence-electron chi connectivity index (χ0n) is 11.1. The van der Waals surface area contributed by atoms with Gasteiger partial charge in [0, 0.05) is 12.2 Å². The first-order chi connectivity index (χ1) is 10.0. The van der Waals surface area contributed by atoms with Crippen LogP contribution in [0, 0.1) is 11.6 Å². The second-order valence-electron chi connectivity index (χ2n) is 4.03. The number of nitrogens with two attached hydrogens (primary N) is 1. The van der Waals surface area contributed by atoms with Crippen LogP contribution in [0.2, 0.25) is 0 Å². The largest absolute Gasteiger partial charge is 0.399 e. The lowest BCUT2D eigenvalue weighted by atomic mass is 10.3. The molecule has 0 spiro atoms. The number of carbonyl (C=O) groups excluding carboxylic acids is 1. The number of aromatic nitrogens is 2. The topological polar surface area (TPSA) is 80.9 Å². The highest BCUT2D eigenvalue weighted by Crippen LogP contribution is 2.31. The lowest BCUT2D eigenvalue weighted by Crippen LogP contribution is -2.23. The Morgan fingerprint density at radius 2 is 1.95 bits per heavy atom. The number of nitrogen functional groups attached to an aromatic ring is 1. The van der Waals surface area contributed by atoms with Gasteiger partial charge in [-0.3, -0.25) is 4.79 Å². The van der Waals surface area contributed by atoms with Crippen LogP contribution < -0.4 is 11.1 Å². The third-order valence-electron chi connectivity index (χ3n) is 2.44. The summed E-state index contributed by atoms with van der Waals surface area (Å²) < 4.78 is 27.3. The van der Waals surface area contributed by atoms with E-state index in [9.17, 15) is 13.6 Å². The summed E-state index contributed by atoms with van der Waals surface area (Å²) in [5.41, 5.74) is 5.49. The number of rotatable bonds is 4. The van der Waals surface area contributed by atoms with Crippen molar-refractivity contribution in [1.29, 1.82) is 0 Å². The summed E-state index contributed by atoms with van der Waals surface area (Å²) >= 11 is 0.772. The maximum Gasteiger partial charge on any atom is 0.271 e. The lowest BCUT2D eigenvalue weighted by Gasteiger charge is -2.05.